The molecule has 0 spiro atoms. The van der Waals surface area contributed by atoms with Crippen molar-refractivity contribution in [1.82, 2.24) is 5.32 Å². The van der Waals surface area contributed by atoms with Crippen LogP contribution in [0.4, 0.5) is 5.69 Å². The van der Waals surface area contributed by atoms with Crippen LogP contribution in [0.25, 0.3) is 0 Å². The second kappa shape index (κ2) is 6.53. The van der Waals surface area contributed by atoms with Gasteiger partial charge in [0, 0.05) is 29.8 Å². The summed E-state index contributed by atoms with van der Waals surface area (Å²) in [5.41, 5.74) is 5.59. The zero-order valence-corrected chi connectivity index (χ0v) is 12.7. The van der Waals surface area contributed by atoms with Crippen molar-refractivity contribution in [3.05, 3.63) is 33.9 Å². The van der Waals surface area contributed by atoms with E-state index in [-0.39, 0.29) is 11.2 Å². The number of ether oxygens (including phenoxy) is 1. The molecule has 1 amide bonds. The smallest absolute Gasteiger partial charge is 0.270 e. The molecular formula is C14H21N3O4. The van der Waals surface area contributed by atoms with Crippen LogP contribution in [0.1, 0.15) is 33.3 Å². The minimum atomic E-state index is -0.806. The van der Waals surface area contributed by atoms with Gasteiger partial charge in [0.15, 0.2) is 6.10 Å². The Labute approximate surface area is 123 Å². The van der Waals surface area contributed by atoms with E-state index in [2.05, 4.69) is 5.32 Å². The first kappa shape index (κ1) is 16.9. The Kier molecular flexibility index (Phi) is 5.26. The van der Waals surface area contributed by atoms with Crippen LogP contribution in [-0.2, 0) is 11.3 Å². The second-order valence-corrected chi connectivity index (χ2v) is 5.82. The van der Waals surface area contributed by atoms with Crippen molar-refractivity contribution in [3.63, 3.8) is 0 Å². The summed E-state index contributed by atoms with van der Waals surface area (Å²) in [5, 5.41) is 14.1. The first-order chi connectivity index (χ1) is 9.60. The monoisotopic (exact) mass is 295 g/mol. The molecule has 0 aliphatic carbocycles. The van der Waals surface area contributed by atoms with Crippen molar-refractivity contribution < 1.29 is 14.5 Å². The minimum Gasteiger partial charge on any atom is -0.481 e. The number of carbonyl (C=O) groups is 1. The SMILES string of the molecule is CC(Oc1ccc([N+](=O)[O-])cc1CNC(C)(C)C)C(N)=O. The highest BCUT2D eigenvalue weighted by atomic mass is 16.6. The number of amides is 1. The van der Waals surface area contributed by atoms with Crippen molar-refractivity contribution in [3.8, 4) is 5.75 Å². The van der Waals surface area contributed by atoms with Crippen LogP contribution >= 0.6 is 0 Å². The molecule has 3 N–H and O–H groups in total. The van der Waals surface area contributed by atoms with Gasteiger partial charge >= 0.3 is 0 Å². The number of primary amides is 1. The molecule has 116 valence electrons. The number of nitro groups is 1. The zero-order chi connectivity index (χ0) is 16.2. The van der Waals surface area contributed by atoms with Crippen LogP contribution in [0.5, 0.6) is 5.75 Å². The highest BCUT2D eigenvalue weighted by Gasteiger charge is 2.18. The highest BCUT2D eigenvalue weighted by molar-refractivity contribution is 5.78. The molecule has 21 heavy (non-hydrogen) atoms. The van der Waals surface area contributed by atoms with Crippen LogP contribution < -0.4 is 15.8 Å². The van der Waals surface area contributed by atoms with E-state index in [9.17, 15) is 14.9 Å². The number of benzene rings is 1. The molecule has 0 heterocycles. The second-order valence-electron chi connectivity index (χ2n) is 5.82. The third-order valence-corrected chi connectivity index (χ3v) is 2.77. The summed E-state index contributed by atoms with van der Waals surface area (Å²) in [5.74, 6) is -0.188. The Morgan fingerprint density at radius 2 is 2.10 bits per heavy atom. The Morgan fingerprint density at radius 1 is 1.48 bits per heavy atom. The average molecular weight is 295 g/mol. The van der Waals surface area contributed by atoms with Crippen molar-refractivity contribution in [2.24, 2.45) is 5.73 Å². The maximum atomic E-state index is 11.1. The molecule has 0 saturated carbocycles. The van der Waals surface area contributed by atoms with E-state index in [0.29, 0.717) is 17.9 Å². The molecule has 0 fully saturated rings. The van der Waals surface area contributed by atoms with Crippen molar-refractivity contribution in [2.75, 3.05) is 0 Å². The maximum absolute atomic E-state index is 11.1. The molecule has 0 aromatic heterocycles. The zero-order valence-electron chi connectivity index (χ0n) is 12.7. The van der Waals surface area contributed by atoms with E-state index in [0.717, 1.165) is 0 Å². The number of hydrogen-bond acceptors (Lipinski definition) is 5. The predicted molar refractivity (Wildman–Crippen MR) is 79.0 cm³/mol. The molecule has 0 aliphatic heterocycles. The lowest BCUT2D eigenvalue weighted by molar-refractivity contribution is -0.384. The lowest BCUT2D eigenvalue weighted by Crippen LogP contribution is -2.35. The maximum Gasteiger partial charge on any atom is 0.270 e. The summed E-state index contributed by atoms with van der Waals surface area (Å²) in [6.45, 7) is 7.86. The van der Waals surface area contributed by atoms with Gasteiger partial charge in [0.2, 0.25) is 0 Å². The number of hydrogen-bond donors (Lipinski definition) is 2. The Morgan fingerprint density at radius 3 is 2.57 bits per heavy atom. The molecule has 0 radical (unpaired) electrons. The molecule has 0 aliphatic rings. The van der Waals surface area contributed by atoms with Gasteiger partial charge in [-0.3, -0.25) is 14.9 Å². The fourth-order valence-electron chi connectivity index (χ4n) is 1.54. The lowest BCUT2D eigenvalue weighted by Gasteiger charge is -2.22. The number of non-ortho nitro benzene ring substituents is 1. The third-order valence-electron chi connectivity index (χ3n) is 2.77. The van der Waals surface area contributed by atoms with Gasteiger partial charge in [0.25, 0.3) is 11.6 Å². The van der Waals surface area contributed by atoms with Gasteiger partial charge in [-0.05, 0) is 33.8 Å². The van der Waals surface area contributed by atoms with Gasteiger partial charge in [-0.1, -0.05) is 0 Å². The summed E-state index contributed by atoms with van der Waals surface area (Å²) < 4.78 is 5.47. The molecule has 1 rings (SSSR count). The van der Waals surface area contributed by atoms with Gasteiger partial charge in [0.05, 0.1) is 4.92 Å². The molecule has 1 aromatic rings. The standard InChI is InChI=1S/C14H21N3O4/c1-9(13(15)18)21-12-6-5-11(17(19)20)7-10(12)8-16-14(2,3)4/h5-7,9,16H,8H2,1-4H3,(H2,15,18). The van der Waals surface area contributed by atoms with Gasteiger partial charge in [-0.2, -0.15) is 0 Å². The predicted octanol–water partition coefficient (Wildman–Crippen LogP) is 1.74. The average Bonchev–Trinajstić information content (AvgIpc) is 2.36. The van der Waals surface area contributed by atoms with E-state index >= 15 is 0 Å². The first-order valence-corrected chi connectivity index (χ1v) is 6.58. The first-order valence-electron chi connectivity index (χ1n) is 6.58. The van der Waals surface area contributed by atoms with Gasteiger partial charge in [-0.25, -0.2) is 0 Å². The summed E-state index contributed by atoms with van der Waals surface area (Å²) in [6.07, 6.45) is -0.806. The lowest BCUT2D eigenvalue weighted by atomic mass is 10.1. The fraction of sp³-hybridized carbons (Fsp3) is 0.500. The summed E-state index contributed by atoms with van der Waals surface area (Å²) >= 11 is 0. The Hall–Kier alpha value is -2.15. The molecule has 7 nitrogen and oxygen atoms in total. The van der Waals surface area contributed by atoms with E-state index in [4.69, 9.17) is 10.5 Å². The van der Waals surface area contributed by atoms with Crippen molar-refractivity contribution in [1.29, 1.82) is 0 Å². The van der Waals surface area contributed by atoms with E-state index in [1.54, 1.807) is 0 Å². The third kappa shape index (κ3) is 5.39. The molecular weight excluding hydrogens is 274 g/mol. The van der Waals surface area contributed by atoms with Crippen LogP contribution in [0.15, 0.2) is 18.2 Å². The van der Waals surface area contributed by atoms with Crippen LogP contribution in [0, 0.1) is 10.1 Å². The van der Waals surface area contributed by atoms with Gasteiger partial charge in [0.1, 0.15) is 5.75 Å². The number of nitrogens with zero attached hydrogens (tertiary/aromatic N) is 1. The number of rotatable bonds is 6. The quantitative estimate of drug-likeness (QED) is 0.614. The van der Waals surface area contributed by atoms with Crippen molar-refractivity contribution >= 4 is 11.6 Å². The molecule has 7 heteroatoms. The number of carbonyl (C=O) groups excluding carboxylic acids is 1. The highest BCUT2D eigenvalue weighted by Crippen LogP contribution is 2.25. The Bertz CT molecular complexity index is 538. The van der Waals surface area contributed by atoms with E-state index in [1.165, 1.54) is 25.1 Å². The minimum absolute atomic E-state index is 0.0280. The summed E-state index contributed by atoms with van der Waals surface area (Å²) in [6, 6.07) is 4.25. The largest absolute Gasteiger partial charge is 0.481 e. The van der Waals surface area contributed by atoms with Gasteiger partial charge in [-0.15, -0.1) is 0 Å². The van der Waals surface area contributed by atoms with Crippen LogP contribution in [0.2, 0.25) is 0 Å². The summed E-state index contributed by atoms with van der Waals surface area (Å²) in [4.78, 5) is 21.5. The molecule has 1 aromatic carbocycles. The molecule has 0 saturated heterocycles. The topological polar surface area (TPSA) is 107 Å². The van der Waals surface area contributed by atoms with E-state index in [1.807, 2.05) is 20.8 Å². The van der Waals surface area contributed by atoms with Crippen LogP contribution in [0.3, 0.4) is 0 Å². The molecule has 1 atom stereocenters. The molecule has 1 unspecified atom stereocenters. The number of nitrogens with two attached hydrogens (primary N) is 1. The Balaban J connectivity index is 3.05. The van der Waals surface area contributed by atoms with Crippen LogP contribution in [-0.4, -0.2) is 22.5 Å². The van der Waals surface area contributed by atoms with Gasteiger partial charge < -0.3 is 15.8 Å². The number of nitrogens with one attached hydrogen (secondary N) is 1. The molecule has 0 bridgehead atoms. The summed E-state index contributed by atoms with van der Waals surface area (Å²) in [7, 11) is 0. The van der Waals surface area contributed by atoms with Crippen molar-refractivity contribution in [2.45, 2.75) is 45.9 Å². The normalized spacial score (nSPS) is 12.8. The fourth-order valence-corrected chi connectivity index (χ4v) is 1.54. The number of nitro benzene ring substituents is 1. The van der Waals surface area contributed by atoms with E-state index < -0.39 is 16.9 Å².